The fourth-order valence-electron chi connectivity index (χ4n) is 3.47. The van der Waals surface area contributed by atoms with E-state index in [-0.39, 0.29) is 0 Å². The Kier molecular flexibility index (Phi) is 17.8. The van der Waals surface area contributed by atoms with Crippen LogP contribution in [0.3, 0.4) is 0 Å². The summed E-state index contributed by atoms with van der Waals surface area (Å²) in [5.74, 6) is 0. The summed E-state index contributed by atoms with van der Waals surface area (Å²) in [5, 5.41) is 9.11. The number of aliphatic hydroxyl groups excluding tert-OH is 1. The minimum atomic E-state index is -3.96. The third kappa shape index (κ3) is 19.0. The molecule has 0 aliphatic carbocycles. The summed E-state index contributed by atoms with van der Waals surface area (Å²) in [6, 6.07) is 0. The average molecular weight is 407 g/mol. The van der Waals surface area contributed by atoms with Crippen LogP contribution in [0.4, 0.5) is 0 Å². The van der Waals surface area contributed by atoms with E-state index >= 15 is 0 Å². The van der Waals surface area contributed by atoms with Gasteiger partial charge in [0.25, 0.3) is 10.1 Å². The van der Waals surface area contributed by atoms with Crippen molar-refractivity contribution in [3.05, 3.63) is 0 Å². The summed E-state index contributed by atoms with van der Waals surface area (Å²) in [6.45, 7) is 3.75. The lowest BCUT2D eigenvalue weighted by molar-refractivity contribution is 0.148. The molecule has 0 rings (SSSR count). The van der Waals surface area contributed by atoms with Gasteiger partial charge in [-0.25, -0.2) is 0 Å². The molecule has 0 heterocycles. The van der Waals surface area contributed by atoms with Crippen LogP contribution in [-0.2, 0) is 10.1 Å². The first kappa shape index (κ1) is 26.9. The van der Waals surface area contributed by atoms with Gasteiger partial charge in [-0.05, 0) is 26.2 Å². The van der Waals surface area contributed by atoms with E-state index in [1.807, 2.05) is 0 Å². The van der Waals surface area contributed by atoms with Gasteiger partial charge in [-0.1, -0.05) is 103 Å². The molecule has 0 aliphatic heterocycles. The highest BCUT2D eigenvalue weighted by Crippen LogP contribution is 2.16. The smallest absolute Gasteiger partial charge is 0.267 e. The summed E-state index contributed by atoms with van der Waals surface area (Å²) in [6.07, 6.45) is 20.9. The van der Waals surface area contributed by atoms with Crippen molar-refractivity contribution in [2.75, 3.05) is 0 Å². The molecular weight excluding hydrogens is 360 g/mol. The summed E-state index contributed by atoms with van der Waals surface area (Å²) in [7, 11) is -3.96. The van der Waals surface area contributed by atoms with Crippen molar-refractivity contribution in [3.8, 4) is 0 Å². The molecule has 0 aromatic heterocycles. The minimum Gasteiger partial charge on any atom is -0.393 e. The van der Waals surface area contributed by atoms with Crippen molar-refractivity contribution in [1.29, 1.82) is 0 Å². The van der Waals surface area contributed by atoms with Crippen LogP contribution in [0.5, 0.6) is 0 Å². The van der Waals surface area contributed by atoms with Crippen LogP contribution in [0.25, 0.3) is 0 Å². The van der Waals surface area contributed by atoms with E-state index in [4.69, 9.17) is 4.55 Å². The van der Waals surface area contributed by atoms with Crippen LogP contribution in [0, 0.1) is 0 Å². The minimum absolute atomic E-state index is 0.318. The van der Waals surface area contributed by atoms with Crippen molar-refractivity contribution >= 4 is 10.1 Å². The van der Waals surface area contributed by atoms with Gasteiger partial charge in [-0.3, -0.25) is 4.55 Å². The normalized spacial score (nSPS) is 14.4. The van der Waals surface area contributed by atoms with Crippen LogP contribution >= 0.6 is 0 Å². The van der Waals surface area contributed by atoms with E-state index < -0.39 is 21.5 Å². The third-order valence-corrected chi connectivity index (χ3v) is 6.81. The van der Waals surface area contributed by atoms with Gasteiger partial charge < -0.3 is 5.11 Å². The summed E-state index contributed by atoms with van der Waals surface area (Å²) in [4.78, 5) is 0. The van der Waals surface area contributed by atoms with E-state index in [1.165, 1.54) is 90.4 Å². The number of hydrogen-bond acceptors (Lipinski definition) is 3. The molecular formula is C22H46O4S. The molecule has 2 atom stereocenters. The highest BCUT2D eigenvalue weighted by atomic mass is 32.2. The molecule has 0 spiro atoms. The molecule has 2 N–H and O–H groups in total. The number of aliphatic hydroxyl groups is 1. The lowest BCUT2D eigenvalue weighted by Gasteiger charge is -2.13. The SMILES string of the molecule is CCCCCCCCCCCCCCCCCC(O)CCC(C)S(=O)(=O)O. The average Bonchev–Trinajstić information content (AvgIpc) is 2.62. The molecule has 0 aromatic rings. The van der Waals surface area contributed by atoms with E-state index in [0.717, 1.165) is 19.3 Å². The van der Waals surface area contributed by atoms with Crippen molar-refractivity contribution in [1.82, 2.24) is 0 Å². The second kappa shape index (κ2) is 17.9. The van der Waals surface area contributed by atoms with E-state index in [1.54, 1.807) is 0 Å². The quantitative estimate of drug-likeness (QED) is 0.175. The Morgan fingerprint density at radius 2 is 1.00 bits per heavy atom. The van der Waals surface area contributed by atoms with E-state index in [9.17, 15) is 13.5 Å². The molecule has 0 amide bonds. The zero-order valence-corrected chi connectivity index (χ0v) is 18.8. The highest BCUT2D eigenvalue weighted by molar-refractivity contribution is 7.86. The van der Waals surface area contributed by atoms with Gasteiger partial charge in [0.1, 0.15) is 0 Å². The molecule has 0 aromatic carbocycles. The first-order valence-corrected chi connectivity index (χ1v) is 13.0. The Labute approximate surface area is 169 Å². The lowest BCUT2D eigenvalue weighted by atomic mass is 10.0. The number of rotatable bonds is 20. The first-order chi connectivity index (χ1) is 12.9. The third-order valence-electron chi connectivity index (χ3n) is 5.56. The van der Waals surface area contributed by atoms with Gasteiger partial charge in [-0.15, -0.1) is 0 Å². The summed E-state index contributed by atoms with van der Waals surface area (Å²) in [5.41, 5.74) is 0. The largest absolute Gasteiger partial charge is 0.393 e. The zero-order valence-electron chi connectivity index (χ0n) is 18.0. The second-order valence-corrected chi connectivity index (χ2v) is 10.1. The second-order valence-electron chi connectivity index (χ2n) is 8.30. The molecule has 0 bridgehead atoms. The van der Waals surface area contributed by atoms with Crippen LogP contribution in [0.15, 0.2) is 0 Å². The van der Waals surface area contributed by atoms with Crippen molar-refractivity contribution < 1.29 is 18.1 Å². The molecule has 0 fully saturated rings. The number of hydrogen-bond donors (Lipinski definition) is 2. The maximum atomic E-state index is 10.9. The van der Waals surface area contributed by atoms with Crippen molar-refractivity contribution in [2.45, 2.75) is 141 Å². The Bertz CT molecular complexity index is 409. The molecule has 0 radical (unpaired) electrons. The standard InChI is InChI=1S/C22H46O4S/c1-3-4-5-6-7-8-9-10-11-12-13-14-15-16-17-18-22(23)20-19-21(2)27(24,25)26/h21-23H,3-20H2,1-2H3,(H,24,25,26). The topological polar surface area (TPSA) is 74.6 Å². The predicted octanol–water partition coefficient (Wildman–Crippen LogP) is 6.67. The van der Waals surface area contributed by atoms with Gasteiger partial charge in [-0.2, -0.15) is 8.42 Å². The van der Waals surface area contributed by atoms with Crippen LogP contribution in [0.2, 0.25) is 0 Å². The molecule has 164 valence electrons. The van der Waals surface area contributed by atoms with Crippen molar-refractivity contribution in [2.24, 2.45) is 0 Å². The molecule has 2 unspecified atom stereocenters. The summed E-state index contributed by atoms with van der Waals surface area (Å²) < 4.78 is 30.8. The molecule has 0 saturated carbocycles. The maximum Gasteiger partial charge on any atom is 0.267 e. The Balaban J connectivity index is 3.26. The fourth-order valence-corrected chi connectivity index (χ4v) is 3.91. The highest BCUT2D eigenvalue weighted by Gasteiger charge is 2.18. The Hall–Kier alpha value is -0.130. The molecule has 4 nitrogen and oxygen atoms in total. The molecule has 5 heteroatoms. The monoisotopic (exact) mass is 406 g/mol. The van der Waals surface area contributed by atoms with Gasteiger partial charge in [0, 0.05) is 0 Å². The van der Waals surface area contributed by atoms with Crippen LogP contribution in [-0.4, -0.2) is 29.4 Å². The maximum absolute atomic E-state index is 10.9. The predicted molar refractivity (Wildman–Crippen MR) is 116 cm³/mol. The van der Waals surface area contributed by atoms with Crippen molar-refractivity contribution in [3.63, 3.8) is 0 Å². The Morgan fingerprint density at radius 3 is 1.37 bits per heavy atom. The van der Waals surface area contributed by atoms with Gasteiger partial charge in [0.05, 0.1) is 11.4 Å². The van der Waals surface area contributed by atoms with Crippen LogP contribution < -0.4 is 0 Å². The van der Waals surface area contributed by atoms with E-state index in [0.29, 0.717) is 12.8 Å². The molecule has 0 saturated heterocycles. The summed E-state index contributed by atoms with van der Waals surface area (Å²) >= 11 is 0. The zero-order chi connectivity index (χ0) is 20.4. The molecule has 27 heavy (non-hydrogen) atoms. The van der Waals surface area contributed by atoms with E-state index in [2.05, 4.69) is 6.92 Å². The fraction of sp³-hybridized carbons (Fsp3) is 1.00. The number of unbranched alkanes of at least 4 members (excludes halogenated alkanes) is 14. The lowest BCUT2D eigenvalue weighted by Crippen LogP contribution is -2.19. The first-order valence-electron chi connectivity index (χ1n) is 11.5. The van der Waals surface area contributed by atoms with Crippen LogP contribution in [0.1, 0.15) is 129 Å². The van der Waals surface area contributed by atoms with Gasteiger partial charge in [0.2, 0.25) is 0 Å². The van der Waals surface area contributed by atoms with Gasteiger partial charge in [0.15, 0.2) is 0 Å². The molecule has 0 aliphatic rings. The Morgan fingerprint density at radius 1 is 0.630 bits per heavy atom. The van der Waals surface area contributed by atoms with Gasteiger partial charge >= 0.3 is 0 Å².